The Hall–Kier alpha value is -2.14. The Morgan fingerprint density at radius 1 is 1.12 bits per heavy atom. The molecule has 0 aliphatic rings. The van der Waals surface area contributed by atoms with Crippen molar-refractivity contribution in [2.45, 2.75) is 6.42 Å². The molecule has 2 N–H and O–H groups in total. The number of allylic oxidation sites excluding steroid dienone is 1. The summed E-state index contributed by atoms with van der Waals surface area (Å²) in [5.74, 6) is 1.60. The van der Waals surface area contributed by atoms with Gasteiger partial charge in [-0.25, -0.2) is 0 Å². The van der Waals surface area contributed by atoms with Crippen LogP contribution in [0.1, 0.15) is 11.1 Å². The number of ether oxygens (including phenoxy) is 2. The summed E-state index contributed by atoms with van der Waals surface area (Å²) in [6.45, 7) is 0. The largest absolute Gasteiger partial charge is 0.497 e. The maximum Gasteiger partial charge on any atom is 0.126 e. The van der Waals surface area contributed by atoms with Gasteiger partial charge in [-0.3, -0.25) is 0 Å². The zero-order valence-corrected chi connectivity index (χ0v) is 16.1. The Morgan fingerprint density at radius 2 is 1.88 bits per heavy atom. The maximum atomic E-state index is 6.02. The quantitative estimate of drug-likeness (QED) is 0.745. The smallest absolute Gasteiger partial charge is 0.126 e. The summed E-state index contributed by atoms with van der Waals surface area (Å²) in [6, 6.07) is 11.8. The van der Waals surface area contributed by atoms with Crippen LogP contribution in [0.25, 0.3) is 6.08 Å². The minimum atomic E-state index is 0.765. The normalized spacial score (nSPS) is 11.3. The minimum absolute atomic E-state index is 0.765. The first-order chi connectivity index (χ1) is 11.4. The fourth-order valence-electron chi connectivity index (χ4n) is 2.45. The first-order valence-corrected chi connectivity index (χ1v) is 8.37. The van der Waals surface area contributed by atoms with Crippen LogP contribution in [0, 0.1) is 0 Å². The molecular formula is C19H23BrN2O2. The first-order valence-electron chi connectivity index (χ1n) is 7.58. The number of nitrogens with two attached hydrogens (primary N) is 1. The molecule has 0 aromatic heterocycles. The number of hydrogen-bond donors (Lipinski definition) is 1. The Labute approximate surface area is 152 Å². The third kappa shape index (κ3) is 4.45. The summed E-state index contributed by atoms with van der Waals surface area (Å²) >= 11 is 3.66. The van der Waals surface area contributed by atoms with E-state index < -0.39 is 0 Å². The van der Waals surface area contributed by atoms with Crippen LogP contribution < -0.4 is 20.1 Å². The average molecular weight is 391 g/mol. The molecule has 5 heteroatoms. The molecule has 0 unspecified atom stereocenters. The fourth-order valence-corrected chi connectivity index (χ4v) is 3.02. The van der Waals surface area contributed by atoms with E-state index in [0.717, 1.165) is 39.3 Å². The van der Waals surface area contributed by atoms with Crippen molar-refractivity contribution in [2.75, 3.05) is 38.9 Å². The highest BCUT2D eigenvalue weighted by molar-refractivity contribution is 9.11. The topological polar surface area (TPSA) is 47.7 Å². The molecule has 128 valence electrons. The van der Waals surface area contributed by atoms with E-state index in [1.54, 1.807) is 14.2 Å². The van der Waals surface area contributed by atoms with Crippen LogP contribution in [0.15, 0.2) is 40.9 Å². The van der Waals surface area contributed by atoms with Crippen LogP contribution in [0.3, 0.4) is 0 Å². The monoisotopic (exact) mass is 390 g/mol. The number of benzene rings is 2. The molecule has 0 saturated heterocycles. The molecule has 0 saturated carbocycles. The lowest BCUT2D eigenvalue weighted by molar-refractivity contribution is 0.402. The van der Waals surface area contributed by atoms with E-state index in [-0.39, 0.29) is 0 Å². The lowest BCUT2D eigenvalue weighted by Crippen LogP contribution is -2.11. The van der Waals surface area contributed by atoms with Crippen molar-refractivity contribution in [1.82, 2.24) is 0 Å². The molecular weight excluding hydrogens is 368 g/mol. The molecule has 0 aliphatic heterocycles. The molecule has 0 heterocycles. The second-order valence-corrected chi connectivity index (χ2v) is 6.68. The summed E-state index contributed by atoms with van der Waals surface area (Å²) in [5, 5.41) is 0. The number of nitrogens with zero attached hydrogens (tertiary/aromatic N) is 1. The van der Waals surface area contributed by atoms with Crippen molar-refractivity contribution in [2.24, 2.45) is 0 Å². The van der Waals surface area contributed by atoms with Gasteiger partial charge >= 0.3 is 0 Å². The highest BCUT2D eigenvalue weighted by Crippen LogP contribution is 2.29. The molecule has 0 aliphatic carbocycles. The number of methoxy groups -OCH3 is 2. The SMILES string of the molecule is COc1ccc(OC)c(/C=C(/Br)Cc2ccc(N)c(N(C)C)c2)c1. The van der Waals surface area contributed by atoms with Gasteiger partial charge in [0.1, 0.15) is 11.5 Å². The Kier molecular flexibility index (Phi) is 6.15. The van der Waals surface area contributed by atoms with Crippen molar-refractivity contribution < 1.29 is 9.47 Å². The van der Waals surface area contributed by atoms with Gasteiger partial charge in [0.25, 0.3) is 0 Å². The van der Waals surface area contributed by atoms with Crippen molar-refractivity contribution in [3.8, 4) is 11.5 Å². The fraction of sp³-hybridized carbons (Fsp3) is 0.263. The van der Waals surface area contributed by atoms with Crippen LogP contribution >= 0.6 is 15.9 Å². The van der Waals surface area contributed by atoms with Crippen molar-refractivity contribution in [3.05, 3.63) is 52.0 Å². The van der Waals surface area contributed by atoms with Crippen LogP contribution in [0.2, 0.25) is 0 Å². The standard InChI is InChI=1S/C19H23BrN2O2/c1-22(2)18-10-13(5-7-17(18)21)9-15(20)11-14-12-16(23-3)6-8-19(14)24-4/h5-8,10-12H,9,21H2,1-4H3/b15-11+. The molecule has 2 aromatic rings. The highest BCUT2D eigenvalue weighted by Gasteiger charge is 2.07. The zero-order chi connectivity index (χ0) is 17.7. The molecule has 0 amide bonds. The van der Waals surface area contributed by atoms with Crippen molar-refractivity contribution in [1.29, 1.82) is 0 Å². The predicted molar refractivity (Wildman–Crippen MR) is 105 cm³/mol. The highest BCUT2D eigenvalue weighted by atomic mass is 79.9. The molecule has 2 aromatic carbocycles. The van der Waals surface area contributed by atoms with E-state index in [4.69, 9.17) is 15.2 Å². The summed E-state index contributed by atoms with van der Waals surface area (Å²) in [7, 11) is 7.29. The van der Waals surface area contributed by atoms with Crippen molar-refractivity contribution in [3.63, 3.8) is 0 Å². The van der Waals surface area contributed by atoms with Crippen LogP contribution in [0.5, 0.6) is 11.5 Å². The van der Waals surface area contributed by atoms with Gasteiger partial charge in [-0.15, -0.1) is 0 Å². The summed E-state index contributed by atoms with van der Waals surface area (Å²) in [4.78, 5) is 2.02. The first kappa shape index (κ1) is 18.2. The van der Waals surface area contributed by atoms with E-state index in [0.29, 0.717) is 0 Å². The van der Waals surface area contributed by atoms with Crippen molar-refractivity contribution >= 4 is 33.4 Å². The average Bonchev–Trinajstić information content (AvgIpc) is 2.56. The molecule has 0 radical (unpaired) electrons. The molecule has 0 fully saturated rings. The number of hydrogen-bond acceptors (Lipinski definition) is 4. The molecule has 2 rings (SSSR count). The lowest BCUT2D eigenvalue weighted by atomic mass is 10.1. The van der Waals surface area contributed by atoms with Gasteiger partial charge in [0.2, 0.25) is 0 Å². The summed E-state index contributed by atoms with van der Waals surface area (Å²) in [5.41, 5.74) is 9.96. The van der Waals surface area contributed by atoms with E-state index >= 15 is 0 Å². The Bertz CT molecular complexity index is 742. The van der Waals surface area contributed by atoms with Crippen LogP contribution in [-0.2, 0) is 6.42 Å². The van der Waals surface area contributed by atoms with E-state index in [9.17, 15) is 0 Å². The van der Waals surface area contributed by atoms with Gasteiger partial charge in [0, 0.05) is 30.6 Å². The lowest BCUT2D eigenvalue weighted by Gasteiger charge is -2.16. The Morgan fingerprint density at radius 3 is 2.50 bits per heavy atom. The zero-order valence-electron chi connectivity index (χ0n) is 14.5. The van der Waals surface area contributed by atoms with Gasteiger partial charge in [-0.2, -0.15) is 0 Å². The number of rotatable bonds is 6. The maximum absolute atomic E-state index is 6.02. The van der Waals surface area contributed by atoms with Gasteiger partial charge in [-0.1, -0.05) is 22.0 Å². The molecule has 0 atom stereocenters. The number of halogens is 1. The molecule has 24 heavy (non-hydrogen) atoms. The Balaban J connectivity index is 2.28. The summed E-state index contributed by atoms with van der Waals surface area (Å²) in [6.07, 6.45) is 2.81. The third-order valence-corrected chi connectivity index (χ3v) is 4.21. The molecule has 4 nitrogen and oxygen atoms in total. The predicted octanol–water partition coefficient (Wildman–Crippen LogP) is 4.33. The number of anilines is 2. The summed E-state index contributed by atoms with van der Waals surface area (Å²) < 4.78 is 11.8. The second-order valence-electron chi connectivity index (χ2n) is 5.66. The molecule has 0 spiro atoms. The van der Waals surface area contributed by atoms with Gasteiger partial charge in [0.05, 0.1) is 25.6 Å². The van der Waals surface area contributed by atoms with Crippen LogP contribution in [0.4, 0.5) is 11.4 Å². The second kappa shape index (κ2) is 8.11. The third-order valence-electron chi connectivity index (χ3n) is 3.70. The van der Waals surface area contributed by atoms with E-state index in [1.807, 2.05) is 55.4 Å². The minimum Gasteiger partial charge on any atom is -0.497 e. The molecule has 0 bridgehead atoms. The van der Waals surface area contributed by atoms with E-state index in [1.165, 1.54) is 5.56 Å². The van der Waals surface area contributed by atoms with Gasteiger partial charge < -0.3 is 20.1 Å². The van der Waals surface area contributed by atoms with Gasteiger partial charge in [-0.05, 0) is 42.0 Å². The number of nitrogen functional groups attached to an aromatic ring is 1. The van der Waals surface area contributed by atoms with Gasteiger partial charge in [0.15, 0.2) is 0 Å². The van der Waals surface area contributed by atoms with Crippen LogP contribution in [-0.4, -0.2) is 28.3 Å². The van der Waals surface area contributed by atoms with E-state index in [2.05, 4.69) is 22.0 Å².